The van der Waals surface area contributed by atoms with Gasteiger partial charge in [-0.1, -0.05) is 12.1 Å². The molecule has 0 saturated carbocycles. The van der Waals surface area contributed by atoms with Crippen molar-refractivity contribution in [2.24, 2.45) is 0 Å². The molecular formula is C12H16N2O3S. The SMILES string of the molecule is CC(C#N)S(=O)(=O)Nc1cccc(CCCO)c1. The highest BCUT2D eigenvalue weighted by Crippen LogP contribution is 2.15. The minimum Gasteiger partial charge on any atom is -0.396 e. The van der Waals surface area contributed by atoms with Crippen LogP contribution in [0.1, 0.15) is 18.9 Å². The van der Waals surface area contributed by atoms with Crippen molar-refractivity contribution in [1.29, 1.82) is 5.26 Å². The molecule has 0 aliphatic heterocycles. The predicted molar refractivity (Wildman–Crippen MR) is 69.5 cm³/mol. The smallest absolute Gasteiger partial charge is 0.248 e. The highest BCUT2D eigenvalue weighted by atomic mass is 32.2. The molecule has 1 unspecified atom stereocenters. The van der Waals surface area contributed by atoms with Crippen LogP contribution >= 0.6 is 0 Å². The second-order valence-corrected chi connectivity index (χ2v) is 5.95. The molecule has 2 N–H and O–H groups in total. The average molecular weight is 268 g/mol. The molecule has 0 aliphatic rings. The van der Waals surface area contributed by atoms with E-state index in [1.807, 2.05) is 6.07 Å². The molecule has 1 aromatic rings. The quantitative estimate of drug-likeness (QED) is 0.812. The largest absolute Gasteiger partial charge is 0.396 e. The van der Waals surface area contributed by atoms with Crippen molar-refractivity contribution in [3.63, 3.8) is 0 Å². The molecular weight excluding hydrogens is 252 g/mol. The van der Waals surface area contributed by atoms with Gasteiger partial charge in [0.1, 0.15) is 0 Å². The maximum atomic E-state index is 11.7. The Labute approximate surface area is 107 Å². The second-order valence-electron chi connectivity index (χ2n) is 3.95. The zero-order valence-electron chi connectivity index (χ0n) is 10.1. The number of aryl methyl sites for hydroxylation is 1. The number of aliphatic hydroxyl groups is 1. The van der Waals surface area contributed by atoms with Gasteiger partial charge in [-0.05, 0) is 37.5 Å². The van der Waals surface area contributed by atoms with Gasteiger partial charge in [-0.2, -0.15) is 5.26 Å². The first kappa shape index (κ1) is 14.5. The Morgan fingerprint density at radius 1 is 1.50 bits per heavy atom. The van der Waals surface area contributed by atoms with Crippen molar-refractivity contribution in [3.05, 3.63) is 29.8 Å². The lowest BCUT2D eigenvalue weighted by Crippen LogP contribution is -2.23. The maximum Gasteiger partial charge on any atom is 0.248 e. The van der Waals surface area contributed by atoms with Crippen molar-refractivity contribution in [1.82, 2.24) is 0 Å². The zero-order valence-corrected chi connectivity index (χ0v) is 10.9. The molecule has 0 aliphatic carbocycles. The van der Waals surface area contributed by atoms with Gasteiger partial charge >= 0.3 is 0 Å². The van der Waals surface area contributed by atoms with Crippen LogP contribution < -0.4 is 4.72 Å². The van der Waals surface area contributed by atoms with Crippen molar-refractivity contribution < 1.29 is 13.5 Å². The van der Waals surface area contributed by atoms with Crippen LogP contribution in [0.15, 0.2) is 24.3 Å². The van der Waals surface area contributed by atoms with E-state index >= 15 is 0 Å². The molecule has 18 heavy (non-hydrogen) atoms. The molecule has 1 rings (SSSR count). The summed E-state index contributed by atoms with van der Waals surface area (Å²) < 4.78 is 25.7. The third-order valence-corrected chi connectivity index (χ3v) is 4.01. The van der Waals surface area contributed by atoms with Gasteiger partial charge in [0, 0.05) is 12.3 Å². The Bertz CT molecular complexity index is 534. The van der Waals surface area contributed by atoms with Crippen LogP contribution in [0.5, 0.6) is 0 Å². The van der Waals surface area contributed by atoms with Gasteiger partial charge in [0.2, 0.25) is 10.0 Å². The van der Waals surface area contributed by atoms with E-state index in [1.54, 1.807) is 24.3 Å². The number of nitrogens with one attached hydrogen (secondary N) is 1. The van der Waals surface area contributed by atoms with Crippen molar-refractivity contribution in [3.8, 4) is 6.07 Å². The maximum absolute atomic E-state index is 11.7. The number of aliphatic hydroxyl groups excluding tert-OH is 1. The Kier molecular flexibility index (Phi) is 5.13. The normalized spacial score (nSPS) is 12.7. The van der Waals surface area contributed by atoms with E-state index in [0.717, 1.165) is 5.56 Å². The van der Waals surface area contributed by atoms with Crippen LogP contribution in [0.25, 0.3) is 0 Å². The standard InChI is InChI=1S/C12H16N2O3S/c1-10(9-13)18(16,17)14-12-6-2-4-11(8-12)5-3-7-15/h2,4,6,8,10,14-15H,3,5,7H2,1H3. The summed E-state index contributed by atoms with van der Waals surface area (Å²) in [6.07, 6.45) is 1.31. The first-order valence-electron chi connectivity index (χ1n) is 5.60. The third kappa shape index (κ3) is 4.02. The van der Waals surface area contributed by atoms with E-state index in [2.05, 4.69) is 4.72 Å². The molecule has 0 spiro atoms. The van der Waals surface area contributed by atoms with Crippen LogP contribution in [-0.4, -0.2) is 25.4 Å². The fourth-order valence-electron chi connectivity index (χ4n) is 1.40. The van der Waals surface area contributed by atoms with Gasteiger partial charge in [0.25, 0.3) is 0 Å². The number of nitriles is 1. The molecule has 1 atom stereocenters. The van der Waals surface area contributed by atoms with Gasteiger partial charge < -0.3 is 5.11 Å². The molecule has 1 aromatic carbocycles. The minimum atomic E-state index is -3.66. The van der Waals surface area contributed by atoms with Gasteiger partial charge in [0.15, 0.2) is 5.25 Å². The fraction of sp³-hybridized carbons (Fsp3) is 0.417. The molecule has 0 radical (unpaired) electrons. The van der Waals surface area contributed by atoms with E-state index in [4.69, 9.17) is 10.4 Å². The average Bonchev–Trinajstić information content (AvgIpc) is 2.35. The van der Waals surface area contributed by atoms with E-state index in [9.17, 15) is 8.42 Å². The van der Waals surface area contributed by atoms with Crippen LogP contribution in [-0.2, 0) is 16.4 Å². The van der Waals surface area contributed by atoms with Gasteiger partial charge in [0.05, 0.1) is 6.07 Å². The molecule has 98 valence electrons. The van der Waals surface area contributed by atoms with Gasteiger partial charge in [-0.3, -0.25) is 4.72 Å². The summed E-state index contributed by atoms with van der Waals surface area (Å²) in [6.45, 7) is 1.43. The Balaban J connectivity index is 2.83. The number of anilines is 1. The summed E-state index contributed by atoms with van der Waals surface area (Å²) in [5.41, 5.74) is 1.38. The van der Waals surface area contributed by atoms with Crippen molar-refractivity contribution in [2.75, 3.05) is 11.3 Å². The monoisotopic (exact) mass is 268 g/mol. The van der Waals surface area contributed by atoms with E-state index in [-0.39, 0.29) is 6.61 Å². The Hall–Kier alpha value is -1.58. The summed E-state index contributed by atoms with van der Waals surface area (Å²) in [4.78, 5) is 0. The lowest BCUT2D eigenvalue weighted by molar-refractivity contribution is 0.288. The minimum absolute atomic E-state index is 0.0986. The van der Waals surface area contributed by atoms with E-state index < -0.39 is 15.3 Å². The number of hydrogen-bond acceptors (Lipinski definition) is 4. The summed E-state index contributed by atoms with van der Waals surface area (Å²) in [7, 11) is -3.66. The number of benzene rings is 1. The predicted octanol–water partition coefficient (Wildman–Crippen LogP) is 1.27. The topological polar surface area (TPSA) is 90.2 Å². The molecule has 5 nitrogen and oxygen atoms in total. The van der Waals surface area contributed by atoms with Crippen LogP contribution in [0.3, 0.4) is 0 Å². The number of rotatable bonds is 6. The Morgan fingerprint density at radius 2 is 2.22 bits per heavy atom. The third-order valence-electron chi connectivity index (χ3n) is 2.46. The molecule has 0 bridgehead atoms. The summed E-state index contributed by atoms with van der Waals surface area (Å²) >= 11 is 0. The molecule has 0 saturated heterocycles. The molecule has 0 fully saturated rings. The lowest BCUT2D eigenvalue weighted by atomic mass is 10.1. The Morgan fingerprint density at radius 3 is 2.83 bits per heavy atom. The summed E-state index contributed by atoms with van der Waals surface area (Å²) in [5, 5.41) is 16.3. The van der Waals surface area contributed by atoms with E-state index in [1.165, 1.54) is 6.92 Å². The highest BCUT2D eigenvalue weighted by molar-refractivity contribution is 7.93. The molecule has 0 heterocycles. The van der Waals surface area contributed by atoms with E-state index in [0.29, 0.717) is 18.5 Å². The number of nitrogens with zero attached hydrogens (tertiary/aromatic N) is 1. The van der Waals surface area contributed by atoms with Crippen LogP contribution in [0.2, 0.25) is 0 Å². The first-order chi connectivity index (χ1) is 8.49. The van der Waals surface area contributed by atoms with Crippen LogP contribution in [0.4, 0.5) is 5.69 Å². The molecule has 0 aromatic heterocycles. The van der Waals surface area contributed by atoms with Crippen molar-refractivity contribution >= 4 is 15.7 Å². The second kappa shape index (κ2) is 6.38. The fourth-order valence-corrected chi connectivity index (χ4v) is 2.17. The lowest BCUT2D eigenvalue weighted by Gasteiger charge is -2.10. The number of sulfonamides is 1. The van der Waals surface area contributed by atoms with Gasteiger partial charge in [-0.15, -0.1) is 0 Å². The zero-order chi connectivity index (χ0) is 13.6. The molecule has 6 heteroatoms. The van der Waals surface area contributed by atoms with Gasteiger partial charge in [-0.25, -0.2) is 8.42 Å². The van der Waals surface area contributed by atoms with Crippen molar-refractivity contribution in [2.45, 2.75) is 25.0 Å². The first-order valence-corrected chi connectivity index (χ1v) is 7.15. The molecule has 0 amide bonds. The summed E-state index contributed by atoms with van der Waals surface area (Å²) in [6, 6.07) is 8.63. The summed E-state index contributed by atoms with van der Waals surface area (Å²) in [5.74, 6) is 0. The highest BCUT2D eigenvalue weighted by Gasteiger charge is 2.19. The van der Waals surface area contributed by atoms with Crippen LogP contribution in [0, 0.1) is 11.3 Å². The number of hydrogen-bond donors (Lipinski definition) is 2.